The third kappa shape index (κ3) is 3.56. The molecule has 1 aliphatic heterocycles. The zero-order valence-corrected chi connectivity index (χ0v) is 18.1. The summed E-state index contributed by atoms with van der Waals surface area (Å²) in [6.45, 7) is 0. The van der Waals surface area contributed by atoms with Gasteiger partial charge < -0.3 is 10.6 Å². The Hall–Kier alpha value is -2.51. The summed E-state index contributed by atoms with van der Waals surface area (Å²) in [6.07, 6.45) is 7.36. The maximum absolute atomic E-state index is 13.5. The number of hydrogen-bond acceptors (Lipinski definition) is 6. The van der Waals surface area contributed by atoms with Crippen LogP contribution in [-0.2, 0) is 9.84 Å². The van der Waals surface area contributed by atoms with E-state index < -0.39 is 9.84 Å². The Bertz CT molecular complexity index is 1160. The number of hydrogen-bond donors (Lipinski definition) is 2. The van der Waals surface area contributed by atoms with Gasteiger partial charge in [0.05, 0.1) is 21.2 Å². The van der Waals surface area contributed by atoms with Crippen LogP contribution in [0.3, 0.4) is 0 Å². The molecular formula is C23H23N3O2S2. The molecule has 0 saturated heterocycles. The number of benzene rings is 2. The Balaban J connectivity index is 1.61. The quantitative estimate of drug-likeness (QED) is 0.557. The highest BCUT2D eigenvalue weighted by atomic mass is 32.2. The fourth-order valence-electron chi connectivity index (χ4n) is 4.26. The van der Waals surface area contributed by atoms with E-state index in [2.05, 4.69) is 15.6 Å². The lowest BCUT2D eigenvalue weighted by molar-refractivity contribution is 0.367. The summed E-state index contributed by atoms with van der Waals surface area (Å²) in [6, 6.07) is 18.0. The van der Waals surface area contributed by atoms with Crippen molar-refractivity contribution < 1.29 is 8.42 Å². The maximum atomic E-state index is 13.5. The lowest BCUT2D eigenvalue weighted by Gasteiger charge is -2.34. The average Bonchev–Trinajstić information content (AvgIpc) is 3.11. The summed E-state index contributed by atoms with van der Waals surface area (Å²) in [5, 5.41) is 8.02. The second kappa shape index (κ2) is 7.63. The lowest BCUT2D eigenvalue weighted by atomic mass is 9.89. The van der Waals surface area contributed by atoms with Crippen LogP contribution in [0.2, 0.25) is 0 Å². The van der Waals surface area contributed by atoms with Gasteiger partial charge in [-0.15, -0.1) is 0 Å². The largest absolute Gasteiger partial charge is 0.361 e. The van der Waals surface area contributed by atoms with Gasteiger partial charge in [0.15, 0.2) is 0 Å². The molecule has 2 heterocycles. The molecule has 1 aliphatic carbocycles. The van der Waals surface area contributed by atoms with Gasteiger partial charge in [0.2, 0.25) is 9.84 Å². The van der Waals surface area contributed by atoms with Gasteiger partial charge in [0, 0.05) is 11.1 Å². The van der Waals surface area contributed by atoms with Crippen LogP contribution in [0.15, 0.2) is 86.6 Å². The van der Waals surface area contributed by atoms with Crippen molar-refractivity contribution in [3.8, 4) is 0 Å². The van der Waals surface area contributed by atoms with Crippen molar-refractivity contribution in [2.75, 3.05) is 10.6 Å². The van der Waals surface area contributed by atoms with Crippen molar-refractivity contribution in [3.63, 3.8) is 0 Å². The smallest absolute Gasteiger partial charge is 0.207 e. The number of aromatic nitrogens is 1. The molecule has 154 valence electrons. The molecule has 0 amide bonds. The first-order valence-electron chi connectivity index (χ1n) is 10.2. The van der Waals surface area contributed by atoms with Crippen molar-refractivity contribution >= 4 is 33.0 Å². The van der Waals surface area contributed by atoms with E-state index in [4.69, 9.17) is 0 Å². The standard InChI is InChI=1S/C23H23N3O2S2/c27-30(28,17-9-3-1-4-10-17)21-16-19-18(25-23(26-19)12-6-2-7-13-23)15-20(21)29-22-11-5-8-14-24-22/h1,3-5,8-11,14-16,25-26H,2,6-7,12-13H2. The topological polar surface area (TPSA) is 71.1 Å². The number of sulfone groups is 1. The van der Waals surface area contributed by atoms with E-state index in [0.29, 0.717) is 14.7 Å². The number of rotatable bonds is 4. The highest BCUT2D eigenvalue weighted by Crippen LogP contribution is 2.46. The Morgan fingerprint density at radius 2 is 1.57 bits per heavy atom. The minimum Gasteiger partial charge on any atom is -0.361 e. The molecule has 0 bridgehead atoms. The van der Waals surface area contributed by atoms with Gasteiger partial charge in [-0.05, 0) is 62.1 Å². The Labute approximate surface area is 181 Å². The predicted octanol–water partition coefficient (Wildman–Crippen LogP) is 5.56. The van der Waals surface area contributed by atoms with Crippen molar-refractivity contribution in [3.05, 3.63) is 66.9 Å². The van der Waals surface area contributed by atoms with Gasteiger partial charge in [-0.1, -0.05) is 42.4 Å². The highest BCUT2D eigenvalue weighted by molar-refractivity contribution is 8.00. The second-order valence-electron chi connectivity index (χ2n) is 7.82. The molecule has 7 heteroatoms. The molecule has 1 saturated carbocycles. The van der Waals surface area contributed by atoms with Crippen LogP contribution in [-0.4, -0.2) is 19.1 Å². The van der Waals surface area contributed by atoms with Gasteiger partial charge in [-0.2, -0.15) is 0 Å². The first-order valence-corrected chi connectivity index (χ1v) is 12.5. The van der Waals surface area contributed by atoms with Crippen LogP contribution in [0.1, 0.15) is 32.1 Å². The second-order valence-corrected chi connectivity index (χ2v) is 10.8. The van der Waals surface area contributed by atoms with Gasteiger partial charge >= 0.3 is 0 Å². The fourth-order valence-corrected chi connectivity index (χ4v) is 6.90. The summed E-state index contributed by atoms with van der Waals surface area (Å²) in [7, 11) is -3.67. The molecule has 1 aromatic heterocycles. The fraction of sp³-hybridized carbons (Fsp3) is 0.261. The molecule has 2 aliphatic rings. The van der Waals surface area contributed by atoms with Crippen molar-refractivity contribution in [1.82, 2.24) is 4.98 Å². The Morgan fingerprint density at radius 1 is 0.867 bits per heavy atom. The molecule has 0 atom stereocenters. The van der Waals surface area contributed by atoms with Gasteiger partial charge in [-0.3, -0.25) is 0 Å². The molecule has 2 aromatic carbocycles. The zero-order chi connectivity index (χ0) is 20.6. The van der Waals surface area contributed by atoms with Crippen molar-refractivity contribution in [2.24, 2.45) is 0 Å². The van der Waals surface area contributed by atoms with E-state index in [9.17, 15) is 8.42 Å². The van der Waals surface area contributed by atoms with Crippen molar-refractivity contribution in [1.29, 1.82) is 0 Å². The van der Waals surface area contributed by atoms with Gasteiger partial charge in [-0.25, -0.2) is 13.4 Å². The molecule has 3 aromatic rings. The molecule has 0 unspecified atom stereocenters. The highest BCUT2D eigenvalue weighted by Gasteiger charge is 2.38. The summed E-state index contributed by atoms with van der Waals surface area (Å²) in [4.78, 5) is 5.67. The normalized spacial score (nSPS) is 17.2. The number of anilines is 2. The monoisotopic (exact) mass is 437 g/mol. The molecule has 1 spiro atoms. The van der Waals surface area contributed by atoms with Gasteiger partial charge in [0.1, 0.15) is 10.7 Å². The number of nitrogens with one attached hydrogen (secondary N) is 2. The molecule has 0 radical (unpaired) electrons. The molecule has 30 heavy (non-hydrogen) atoms. The average molecular weight is 438 g/mol. The number of fused-ring (bicyclic) bond motifs is 1. The minimum atomic E-state index is -3.67. The summed E-state index contributed by atoms with van der Waals surface area (Å²) in [5.74, 6) is 0. The van der Waals surface area contributed by atoms with Crippen LogP contribution >= 0.6 is 11.8 Å². The number of pyridine rings is 1. The maximum Gasteiger partial charge on any atom is 0.207 e. The van der Waals surface area contributed by atoms with Crippen LogP contribution in [0, 0.1) is 0 Å². The van der Waals surface area contributed by atoms with Gasteiger partial charge in [0.25, 0.3) is 0 Å². The predicted molar refractivity (Wildman–Crippen MR) is 120 cm³/mol. The van der Waals surface area contributed by atoms with E-state index in [1.54, 1.807) is 36.5 Å². The molecular weight excluding hydrogens is 414 g/mol. The van der Waals surface area contributed by atoms with Crippen LogP contribution < -0.4 is 10.6 Å². The van der Waals surface area contributed by atoms with E-state index in [1.807, 2.05) is 30.3 Å². The van der Waals surface area contributed by atoms with Crippen LogP contribution in [0.5, 0.6) is 0 Å². The first-order chi connectivity index (χ1) is 14.6. The summed E-state index contributed by atoms with van der Waals surface area (Å²) >= 11 is 1.38. The van der Waals surface area contributed by atoms with Crippen LogP contribution in [0.25, 0.3) is 0 Å². The lowest BCUT2D eigenvalue weighted by Crippen LogP contribution is -2.43. The molecule has 5 rings (SSSR count). The summed E-state index contributed by atoms with van der Waals surface area (Å²) < 4.78 is 27.1. The first kappa shape index (κ1) is 19.5. The minimum absolute atomic E-state index is 0.164. The zero-order valence-electron chi connectivity index (χ0n) is 16.5. The van der Waals surface area contributed by atoms with E-state index in [-0.39, 0.29) is 5.66 Å². The third-order valence-corrected chi connectivity index (χ3v) is 8.68. The van der Waals surface area contributed by atoms with E-state index >= 15 is 0 Å². The van der Waals surface area contributed by atoms with Crippen molar-refractivity contribution in [2.45, 2.75) is 57.5 Å². The van der Waals surface area contributed by atoms with E-state index in [0.717, 1.165) is 29.2 Å². The summed E-state index contributed by atoms with van der Waals surface area (Å²) in [5.41, 5.74) is 1.65. The number of nitrogens with zero attached hydrogens (tertiary/aromatic N) is 1. The van der Waals surface area contributed by atoms with E-state index in [1.165, 1.54) is 31.0 Å². The SMILES string of the molecule is O=S(=O)(c1ccccc1)c1cc2c(cc1Sc1ccccn1)NC1(CCCCC1)N2. The third-order valence-electron chi connectivity index (χ3n) is 5.73. The Kier molecular flexibility index (Phi) is 4.95. The van der Waals surface area contributed by atoms with Crippen LogP contribution in [0.4, 0.5) is 11.4 Å². The molecule has 2 N–H and O–H groups in total. The Morgan fingerprint density at radius 3 is 2.27 bits per heavy atom. The molecule has 1 fully saturated rings. The molecule has 5 nitrogen and oxygen atoms in total.